The Bertz CT molecular complexity index is 384. The van der Waals surface area contributed by atoms with Crippen molar-refractivity contribution >= 4 is 5.91 Å². The number of nitrogens with zero attached hydrogens (tertiary/aromatic N) is 2. The number of carbonyl (C=O) groups excluding carboxylic acids is 1. The molecule has 6 heteroatoms. The van der Waals surface area contributed by atoms with Crippen LogP contribution in [0.2, 0.25) is 0 Å². The molecule has 1 heterocycles. The number of rotatable bonds is 5. The van der Waals surface area contributed by atoms with Crippen molar-refractivity contribution in [1.82, 2.24) is 15.5 Å². The first-order valence-corrected chi connectivity index (χ1v) is 5.44. The van der Waals surface area contributed by atoms with Crippen LogP contribution in [0.1, 0.15) is 24.6 Å². The normalized spacial score (nSPS) is 17.1. The molecule has 1 saturated carbocycles. The Labute approximate surface area is 93.6 Å². The molecular weight excluding hydrogens is 208 g/mol. The lowest BCUT2D eigenvalue weighted by Crippen LogP contribution is -2.37. The van der Waals surface area contributed by atoms with Crippen LogP contribution in [-0.2, 0) is 11.2 Å². The number of nitrogens with two attached hydrogens (primary N) is 1. The number of aryl methyl sites for hydroxylation is 1. The third-order valence-corrected chi connectivity index (χ3v) is 2.92. The van der Waals surface area contributed by atoms with Crippen LogP contribution >= 0.6 is 0 Å². The number of amides is 1. The van der Waals surface area contributed by atoms with Crippen molar-refractivity contribution in [3.63, 3.8) is 0 Å². The van der Waals surface area contributed by atoms with Crippen LogP contribution in [0.4, 0.5) is 0 Å². The van der Waals surface area contributed by atoms with Crippen molar-refractivity contribution in [2.45, 2.75) is 26.2 Å². The predicted molar refractivity (Wildman–Crippen MR) is 56.5 cm³/mol. The van der Waals surface area contributed by atoms with Gasteiger partial charge >= 0.3 is 0 Å². The largest absolute Gasteiger partial charge is 0.355 e. The van der Waals surface area contributed by atoms with Crippen LogP contribution in [-0.4, -0.2) is 29.1 Å². The summed E-state index contributed by atoms with van der Waals surface area (Å²) in [5, 5.41) is 6.52. The highest BCUT2D eigenvalue weighted by Crippen LogP contribution is 2.44. The molecule has 0 spiro atoms. The van der Waals surface area contributed by atoms with Crippen LogP contribution in [0.15, 0.2) is 4.52 Å². The zero-order valence-electron chi connectivity index (χ0n) is 9.32. The van der Waals surface area contributed by atoms with Gasteiger partial charge in [0.25, 0.3) is 0 Å². The summed E-state index contributed by atoms with van der Waals surface area (Å²) in [5.74, 6) is 1.21. The topological polar surface area (TPSA) is 94.0 Å². The highest BCUT2D eigenvalue weighted by molar-refractivity contribution is 5.85. The van der Waals surface area contributed by atoms with Crippen molar-refractivity contribution in [2.75, 3.05) is 13.1 Å². The van der Waals surface area contributed by atoms with E-state index in [-0.39, 0.29) is 11.3 Å². The van der Waals surface area contributed by atoms with Crippen LogP contribution in [0, 0.1) is 12.3 Å². The van der Waals surface area contributed by atoms with Gasteiger partial charge in [0, 0.05) is 19.5 Å². The Kier molecular flexibility index (Phi) is 2.91. The summed E-state index contributed by atoms with van der Waals surface area (Å²) in [4.78, 5) is 15.7. The van der Waals surface area contributed by atoms with Crippen molar-refractivity contribution < 1.29 is 9.32 Å². The molecule has 1 aliphatic rings. The number of hydrogen-bond acceptors (Lipinski definition) is 5. The second kappa shape index (κ2) is 4.21. The lowest BCUT2D eigenvalue weighted by molar-refractivity contribution is -0.125. The maximum absolute atomic E-state index is 11.7. The molecular formula is C10H16N4O2. The molecule has 1 amide bonds. The Balaban J connectivity index is 1.74. The van der Waals surface area contributed by atoms with E-state index in [4.69, 9.17) is 10.3 Å². The highest BCUT2D eigenvalue weighted by atomic mass is 16.5. The molecule has 6 nitrogen and oxygen atoms in total. The molecule has 1 aromatic rings. The summed E-state index contributed by atoms with van der Waals surface area (Å²) in [7, 11) is 0. The van der Waals surface area contributed by atoms with E-state index >= 15 is 0 Å². The first-order chi connectivity index (χ1) is 7.66. The second-order valence-corrected chi connectivity index (χ2v) is 4.23. The smallest absolute Gasteiger partial charge is 0.228 e. The molecule has 1 aliphatic carbocycles. The quantitative estimate of drug-likeness (QED) is 0.720. The van der Waals surface area contributed by atoms with Gasteiger partial charge in [-0.25, -0.2) is 0 Å². The first kappa shape index (κ1) is 11.1. The summed E-state index contributed by atoms with van der Waals surface area (Å²) in [5.41, 5.74) is 5.27. The SMILES string of the molecule is Cc1noc(CCNC(=O)C2(CN)CC2)n1. The average molecular weight is 224 g/mol. The fourth-order valence-electron chi connectivity index (χ4n) is 1.59. The van der Waals surface area contributed by atoms with E-state index in [0.29, 0.717) is 31.2 Å². The van der Waals surface area contributed by atoms with Crippen molar-refractivity contribution in [1.29, 1.82) is 0 Å². The molecule has 0 aromatic carbocycles. The Morgan fingerprint density at radius 3 is 2.88 bits per heavy atom. The molecule has 0 unspecified atom stereocenters. The van der Waals surface area contributed by atoms with Crippen molar-refractivity contribution in [3.8, 4) is 0 Å². The Morgan fingerprint density at radius 1 is 1.62 bits per heavy atom. The minimum absolute atomic E-state index is 0.0474. The van der Waals surface area contributed by atoms with Crippen LogP contribution in [0.25, 0.3) is 0 Å². The summed E-state index contributed by atoms with van der Waals surface area (Å²) < 4.78 is 4.94. The Hall–Kier alpha value is -1.43. The van der Waals surface area contributed by atoms with Crippen molar-refractivity contribution in [3.05, 3.63) is 11.7 Å². The van der Waals surface area contributed by atoms with E-state index in [0.717, 1.165) is 12.8 Å². The molecule has 0 radical (unpaired) electrons. The zero-order valence-corrected chi connectivity index (χ0v) is 9.32. The molecule has 3 N–H and O–H groups in total. The zero-order chi connectivity index (χ0) is 11.6. The fourth-order valence-corrected chi connectivity index (χ4v) is 1.59. The van der Waals surface area contributed by atoms with E-state index in [2.05, 4.69) is 15.5 Å². The molecule has 0 aliphatic heterocycles. The summed E-state index contributed by atoms with van der Waals surface area (Å²) in [6, 6.07) is 0. The molecule has 0 saturated heterocycles. The molecule has 1 fully saturated rings. The van der Waals surface area contributed by atoms with Crippen LogP contribution < -0.4 is 11.1 Å². The lowest BCUT2D eigenvalue weighted by atomic mass is 10.1. The van der Waals surface area contributed by atoms with Gasteiger partial charge in [0.2, 0.25) is 11.8 Å². The van der Waals surface area contributed by atoms with Gasteiger partial charge in [0.15, 0.2) is 5.82 Å². The first-order valence-electron chi connectivity index (χ1n) is 5.44. The molecule has 0 bridgehead atoms. The highest BCUT2D eigenvalue weighted by Gasteiger charge is 2.48. The summed E-state index contributed by atoms with van der Waals surface area (Å²) >= 11 is 0. The van der Waals surface area contributed by atoms with Crippen LogP contribution in [0.5, 0.6) is 0 Å². The Morgan fingerprint density at radius 2 is 2.38 bits per heavy atom. The van der Waals surface area contributed by atoms with E-state index in [1.165, 1.54) is 0 Å². The van der Waals surface area contributed by atoms with Gasteiger partial charge in [-0.2, -0.15) is 4.98 Å². The average Bonchev–Trinajstić information content (AvgIpc) is 2.98. The summed E-state index contributed by atoms with van der Waals surface area (Å²) in [6.45, 7) is 2.71. The monoisotopic (exact) mass is 224 g/mol. The number of nitrogens with one attached hydrogen (secondary N) is 1. The number of carbonyl (C=O) groups is 1. The molecule has 2 rings (SSSR count). The van der Waals surface area contributed by atoms with Gasteiger partial charge in [-0.3, -0.25) is 4.79 Å². The number of hydrogen-bond donors (Lipinski definition) is 2. The van der Waals surface area contributed by atoms with Gasteiger partial charge in [0.1, 0.15) is 0 Å². The van der Waals surface area contributed by atoms with Crippen LogP contribution in [0.3, 0.4) is 0 Å². The fraction of sp³-hybridized carbons (Fsp3) is 0.700. The number of aromatic nitrogens is 2. The van der Waals surface area contributed by atoms with Gasteiger partial charge < -0.3 is 15.6 Å². The van der Waals surface area contributed by atoms with Gasteiger partial charge in [-0.15, -0.1) is 0 Å². The van der Waals surface area contributed by atoms with E-state index in [1.54, 1.807) is 6.92 Å². The maximum Gasteiger partial charge on any atom is 0.228 e. The van der Waals surface area contributed by atoms with Gasteiger partial charge in [0.05, 0.1) is 5.41 Å². The van der Waals surface area contributed by atoms with E-state index in [9.17, 15) is 4.79 Å². The maximum atomic E-state index is 11.7. The van der Waals surface area contributed by atoms with E-state index < -0.39 is 0 Å². The van der Waals surface area contributed by atoms with Crippen molar-refractivity contribution in [2.24, 2.45) is 11.1 Å². The third-order valence-electron chi connectivity index (χ3n) is 2.92. The second-order valence-electron chi connectivity index (χ2n) is 4.23. The molecule has 88 valence electrons. The van der Waals surface area contributed by atoms with Gasteiger partial charge in [-0.1, -0.05) is 5.16 Å². The minimum atomic E-state index is -0.287. The van der Waals surface area contributed by atoms with Gasteiger partial charge in [-0.05, 0) is 19.8 Å². The molecule has 0 atom stereocenters. The standard InChI is InChI=1S/C10H16N4O2/c1-7-13-8(16-14-7)2-5-12-9(15)10(6-11)3-4-10/h2-6,11H2,1H3,(H,12,15). The van der Waals surface area contributed by atoms with E-state index in [1.807, 2.05) is 0 Å². The predicted octanol–water partition coefficient (Wildman–Crippen LogP) is -0.224. The minimum Gasteiger partial charge on any atom is -0.355 e. The third kappa shape index (κ3) is 2.21. The lowest BCUT2D eigenvalue weighted by Gasteiger charge is -2.11. The molecule has 16 heavy (non-hydrogen) atoms. The molecule has 1 aromatic heterocycles. The summed E-state index contributed by atoms with van der Waals surface area (Å²) in [6.07, 6.45) is 2.36.